The molecule has 3 amide bonds. The minimum absolute atomic E-state index is 0.148. The van der Waals surface area contributed by atoms with Crippen LogP contribution in [-0.4, -0.2) is 39.1 Å². The van der Waals surface area contributed by atoms with Crippen molar-refractivity contribution >= 4 is 56.0 Å². The highest BCUT2D eigenvalue weighted by Gasteiger charge is 2.37. The molecule has 0 saturated heterocycles. The first-order valence-electron chi connectivity index (χ1n) is 10.1. The van der Waals surface area contributed by atoms with Crippen molar-refractivity contribution in [1.82, 2.24) is 14.9 Å². The quantitative estimate of drug-likeness (QED) is 0.396. The zero-order chi connectivity index (χ0) is 23.1. The lowest BCUT2D eigenvalue weighted by molar-refractivity contribution is -0.119. The van der Waals surface area contributed by atoms with Crippen molar-refractivity contribution in [3.05, 3.63) is 88.2 Å². The number of carbonyl (C=O) groups is 3. The third kappa shape index (κ3) is 3.77. The molecule has 164 valence electrons. The molecule has 33 heavy (non-hydrogen) atoms. The molecule has 5 rings (SSSR count). The molecular formula is C24H17ClN4O3S. The Morgan fingerprint density at radius 3 is 2.39 bits per heavy atom. The summed E-state index contributed by atoms with van der Waals surface area (Å²) in [4.78, 5) is 50.5. The second kappa shape index (κ2) is 8.38. The Morgan fingerprint density at radius 2 is 1.73 bits per heavy atom. The molecule has 7 nitrogen and oxygen atoms in total. The van der Waals surface area contributed by atoms with Crippen molar-refractivity contribution in [2.24, 2.45) is 0 Å². The van der Waals surface area contributed by atoms with Gasteiger partial charge in [0.05, 0.1) is 33.6 Å². The minimum atomic E-state index is -0.478. The molecule has 0 radical (unpaired) electrons. The average Bonchev–Trinajstić information content (AvgIpc) is 3.36. The van der Waals surface area contributed by atoms with Gasteiger partial charge in [0.2, 0.25) is 5.91 Å². The Kier molecular flexibility index (Phi) is 5.39. The highest BCUT2D eigenvalue weighted by atomic mass is 35.5. The molecule has 0 N–H and O–H groups in total. The number of pyridine rings is 1. The zero-order valence-electron chi connectivity index (χ0n) is 17.5. The average molecular weight is 477 g/mol. The molecule has 0 bridgehead atoms. The molecule has 0 aliphatic carbocycles. The lowest BCUT2D eigenvalue weighted by Crippen LogP contribution is -2.42. The van der Waals surface area contributed by atoms with Crippen molar-refractivity contribution in [3.63, 3.8) is 0 Å². The van der Waals surface area contributed by atoms with Crippen LogP contribution in [0.1, 0.15) is 32.0 Å². The number of nitrogens with zero attached hydrogens (tertiary/aromatic N) is 4. The standard InChI is InChI=1S/C24H17ClN4O3S/c1-14-18(25)9-10-19-21(14)27-24(33-19)28(12-15-6-4-5-11-26-15)20(30)13-29-22(31)16-7-2-3-8-17(16)23(29)32/h2-11H,12-13H2,1H3. The number of hydrogen-bond acceptors (Lipinski definition) is 6. The van der Waals surface area contributed by atoms with Gasteiger partial charge in [-0.3, -0.25) is 29.2 Å². The van der Waals surface area contributed by atoms with E-state index in [0.29, 0.717) is 32.5 Å². The van der Waals surface area contributed by atoms with Crippen LogP contribution in [0.5, 0.6) is 0 Å². The second-order valence-electron chi connectivity index (χ2n) is 7.56. The molecule has 0 saturated carbocycles. The number of hydrogen-bond donors (Lipinski definition) is 0. The number of aromatic nitrogens is 2. The van der Waals surface area contributed by atoms with Gasteiger partial charge in [-0.15, -0.1) is 0 Å². The molecule has 9 heteroatoms. The molecule has 1 aliphatic heterocycles. The maximum absolute atomic E-state index is 13.5. The number of benzene rings is 2. The van der Waals surface area contributed by atoms with Gasteiger partial charge in [-0.25, -0.2) is 4.98 Å². The lowest BCUT2D eigenvalue weighted by atomic mass is 10.1. The SMILES string of the molecule is Cc1c(Cl)ccc2sc(N(Cc3ccccn3)C(=O)CN3C(=O)c4ccccc4C3=O)nc12. The summed E-state index contributed by atoms with van der Waals surface area (Å²) < 4.78 is 0.881. The van der Waals surface area contributed by atoms with Gasteiger partial charge in [-0.2, -0.15) is 0 Å². The second-order valence-corrected chi connectivity index (χ2v) is 8.97. The maximum atomic E-state index is 13.5. The van der Waals surface area contributed by atoms with Gasteiger partial charge in [0, 0.05) is 11.2 Å². The first kappa shape index (κ1) is 21.2. The Morgan fingerprint density at radius 1 is 1.03 bits per heavy atom. The van der Waals surface area contributed by atoms with Gasteiger partial charge in [0.1, 0.15) is 6.54 Å². The molecule has 0 spiro atoms. The number of aryl methyl sites for hydroxylation is 1. The maximum Gasteiger partial charge on any atom is 0.262 e. The number of halogens is 1. The lowest BCUT2D eigenvalue weighted by Gasteiger charge is -2.22. The number of rotatable bonds is 5. The van der Waals surface area contributed by atoms with E-state index in [1.165, 1.54) is 16.2 Å². The van der Waals surface area contributed by atoms with Crippen LogP contribution in [0.3, 0.4) is 0 Å². The summed E-state index contributed by atoms with van der Waals surface area (Å²) >= 11 is 7.59. The van der Waals surface area contributed by atoms with Crippen LogP contribution in [0.4, 0.5) is 5.13 Å². The Labute approximate surface area is 198 Å². The third-order valence-corrected chi connectivity index (χ3v) is 6.94. The highest BCUT2D eigenvalue weighted by Crippen LogP contribution is 2.34. The highest BCUT2D eigenvalue weighted by molar-refractivity contribution is 7.22. The van der Waals surface area contributed by atoms with E-state index in [9.17, 15) is 14.4 Å². The predicted octanol–water partition coefficient (Wildman–Crippen LogP) is 4.48. The van der Waals surface area contributed by atoms with E-state index in [1.54, 1.807) is 48.7 Å². The summed E-state index contributed by atoms with van der Waals surface area (Å²) in [7, 11) is 0. The molecule has 0 atom stereocenters. The van der Waals surface area contributed by atoms with Gasteiger partial charge < -0.3 is 0 Å². The third-order valence-electron chi connectivity index (χ3n) is 5.49. The van der Waals surface area contributed by atoms with E-state index < -0.39 is 24.3 Å². The molecule has 1 aliphatic rings. The van der Waals surface area contributed by atoms with Crippen molar-refractivity contribution in [2.75, 3.05) is 11.4 Å². The zero-order valence-corrected chi connectivity index (χ0v) is 19.1. The fraction of sp³-hybridized carbons (Fsp3) is 0.125. The first-order chi connectivity index (χ1) is 15.9. The van der Waals surface area contributed by atoms with Gasteiger partial charge in [0.25, 0.3) is 11.8 Å². The number of imide groups is 1. The number of fused-ring (bicyclic) bond motifs is 2. The Hall–Kier alpha value is -3.62. The van der Waals surface area contributed by atoms with Crippen LogP contribution in [-0.2, 0) is 11.3 Å². The molecule has 2 aromatic heterocycles. The van der Waals surface area contributed by atoms with Crippen molar-refractivity contribution in [3.8, 4) is 0 Å². The van der Waals surface area contributed by atoms with Gasteiger partial charge in [0.15, 0.2) is 5.13 Å². The van der Waals surface area contributed by atoms with Gasteiger partial charge in [-0.1, -0.05) is 41.1 Å². The van der Waals surface area contributed by atoms with Gasteiger partial charge in [-0.05, 0) is 48.9 Å². The number of amides is 3. The minimum Gasteiger partial charge on any atom is -0.280 e. The summed E-state index contributed by atoms with van der Waals surface area (Å²) in [6.45, 7) is 1.63. The van der Waals surface area contributed by atoms with Crippen LogP contribution >= 0.6 is 22.9 Å². The molecule has 3 heterocycles. The van der Waals surface area contributed by atoms with E-state index in [0.717, 1.165) is 15.2 Å². The fourth-order valence-corrected chi connectivity index (χ4v) is 4.92. The monoisotopic (exact) mass is 476 g/mol. The molecular weight excluding hydrogens is 460 g/mol. The van der Waals surface area contributed by atoms with Crippen molar-refractivity contribution < 1.29 is 14.4 Å². The summed E-state index contributed by atoms with van der Waals surface area (Å²) in [6.07, 6.45) is 1.64. The molecule has 0 unspecified atom stereocenters. The number of anilines is 1. The van der Waals surface area contributed by atoms with Gasteiger partial charge >= 0.3 is 0 Å². The summed E-state index contributed by atoms with van der Waals surface area (Å²) in [5, 5.41) is 1.04. The summed E-state index contributed by atoms with van der Waals surface area (Å²) in [6, 6.07) is 15.6. The fourth-order valence-electron chi connectivity index (χ4n) is 3.72. The van der Waals surface area contributed by atoms with E-state index in [-0.39, 0.29) is 6.54 Å². The van der Waals surface area contributed by atoms with Crippen LogP contribution < -0.4 is 4.90 Å². The van der Waals surface area contributed by atoms with Crippen molar-refractivity contribution in [1.29, 1.82) is 0 Å². The van der Waals surface area contributed by atoms with E-state index in [2.05, 4.69) is 9.97 Å². The molecule has 0 fully saturated rings. The Bertz CT molecular complexity index is 1390. The number of thiazole rings is 1. The number of carbonyl (C=O) groups excluding carboxylic acids is 3. The molecule has 4 aromatic rings. The largest absolute Gasteiger partial charge is 0.280 e. The predicted molar refractivity (Wildman–Crippen MR) is 127 cm³/mol. The Balaban J connectivity index is 1.50. The van der Waals surface area contributed by atoms with Crippen molar-refractivity contribution in [2.45, 2.75) is 13.5 Å². The van der Waals surface area contributed by atoms with Crippen LogP contribution in [0, 0.1) is 6.92 Å². The first-order valence-corrected chi connectivity index (χ1v) is 11.3. The normalized spacial score (nSPS) is 13.0. The topological polar surface area (TPSA) is 83.5 Å². The van der Waals surface area contributed by atoms with E-state index >= 15 is 0 Å². The molecule has 2 aromatic carbocycles. The van der Waals surface area contributed by atoms with E-state index in [1.807, 2.05) is 19.1 Å². The smallest absolute Gasteiger partial charge is 0.262 e. The van der Waals surface area contributed by atoms with Crippen LogP contribution in [0.15, 0.2) is 60.8 Å². The van der Waals surface area contributed by atoms with E-state index in [4.69, 9.17) is 11.6 Å². The van der Waals surface area contributed by atoms with Crippen LogP contribution in [0.2, 0.25) is 5.02 Å². The summed E-state index contributed by atoms with van der Waals surface area (Å²) in [5.41, 5.74) is 2.79. The summed E-state index contributed by atoms with van der Waals surface area (Å²) in [5.74, 6) is -1.39. The van der Waals surface area contributed by atoms with Crippen LogP contribution in [0.25, 0.3) is 10.2 Å².